The Balaban J connectivity index is 2.13. The molecule has 0 radical (unpaired) electrons. The van der Waals surface area contributed by atoms with Crippen LogP contribution in [0, 0.1) is 0 Å². The molecule has 2 aliphatic rings. The van der Waals surface area contributed by atoms with E-state index < -0.39 is 73.9 Å². The number of aliphatic hydroxyl groups excluding tert-OH is 9. The highest BCUT2D eigenvalue weighted by atomic mass is 16.7. The SMILES string of the molecule is OCC1O[C@@H](OC2C(O)C(O)C(O)C(O)C2O)C(O)C(O)[C@H]1O. The minimum atomic E-state index is -1.83. The first kappa shape index (κ1) is 18.9. The van der Waals surface area contributed by atoms with Crippen molar-refractivity contribution < 1.29 is 55.4 Å². The van der Waals surface area contributed by atoms with Gasteiger partial charge in [0.05, 0.1) is 6.61 Å². The van der Waals surface area contributed by atoms with Crippen LogP contribution in [0.4, 0.5) is 0 Å². The van der Waals surface area contributed by atoms with E-state index in [9.17, 15) is 40.9 Å². The molecule has 136 valence electrons. The van der Waals surface area contributed by atoms with Crippen molar-refractivity contribution in [2.75, 3.05) is 6.61 Å². The van der Waals surface area contributed by atoms with Crippen LogP contribution in [-0.2, 0) is 9.47 Å². The van der Waals surface area contributed by atoms with E-state index in [4.69, 9.17) is 14.6 Å². The fourth-order valence-electron chi connectivity index (χ4n) is 2.69. The van der Waals surface area contributed by atoms with Crippen LogP contribution < -0.4 is 0 Å². The fraction of sp³-hybridized carbons (Fsp3) is 1.00. The van der Waals surface area contributed by atoms with E-state index in [2.05, 4.69) is 0 Å². The predicted octanol–water partition coefficient (Wildman–Crippen LogP) is -6.01. The average molecular weight is 342 g/mol. The van der Waals surface area contributed by atoms with Crippen LogP contribution in [0.25, 0.3) is 0 Å². The summed E-state index contributed by atoms with van der Waals surface area (Å²) in [6.07, 6.45) is -18.9. The van der Waals surface area contributed by atoms with Gasteiger partial charge in [-0.15, -0.1) is 0 Å². The van der Waals surface area contributed by atoms with Gasteiger partial charge < -0.3 is 55.4 Å². The van der Waals surface area contributed by atoms with Crippen LogP contribution in [0.1, 0.15) is 0 Å². The van der Waals surface area contributed by atoms with Gasteiger partial charge in [-0.05, 0) is 0 Å². The normalized spacial score (nSPS) is 54.9. The maximum Gasteiger partial charge on any atom is 0.187 e. The highest BCUT2D eigenvalue weighted by Gasteiger charge is 2.52. The lowest BCUT2D eigenvalue weighted by atomic mass is 9.84. The van der Waals surface area contributed by atoms with Crippen molar-refractivity contribution in [3.05, 3.63) is 0 Å². The predicted molar refractivity (Wildman–Crippen MR) is 68.7 cm³/mol. The van der Waals surface area contributed by atoms with Gasteiger partial charge in [-0.1, -0.05) is 0 Å². The molecule has 1 aliphatic carbocycles. The third-order valence-electron chi connectivity index (χ3n) is 4.21. The molecule has 0 aromatic carbocycles. The summed E-state index contributed by atoms with van der Waals surface area (Å²) < 4.78 is 10.2. The Kier molecular flexibility index (Phi) is 5.92. The number of hydrogen-bond acceptors (Lipinski definition) is 11. The maximum atomic E-state index is 9.85. The second-order valence-electron chi connectivity index (χ2n) is 5.75. The minimum Gasteiger partial charge on any atom is -0.394 e. The molecule has 9 atom stereocenters. The number of ether oxygens (including phenoxy) is 2. The largest absolute Gasteiger partial charge is 0.394 e. The Hall–Kier alpha value is -0.440. The molecular weight excluding hydrogens is 320 g/mol. The Morgan fingerprint density at radius 2 is 1.04 bits per heavy atom. The molecule has 1 aliphatic heterocycles. The van der Waals surface area contributed by atoms with Gasteiger partial charge in [0.25, 0.3) is 0 Å². The summed E-state index contributed by atoms with van der Waals surface area (Å²) in [6.45, 7) is -0.704. The van der Waals surface area contributed by atoms with Gasteiger partial charge in [-0.25, -0.2) is 0 Å². The van der Waals surface area contributed by atoms with Gasteiger partial charge in [0.1, 0.15) is 61.0 Å². The van der Waals surface area contributed by atoms with E-state index in [1.807, 2.05) is 0 Å². The number of rotatable bonds is 3. The highest BCUT2D eigenvalue weighted by Crippen LogP contribution is 2.29. The first-order valence-electron chi connectivity index (χ1n) is 7.07. The van der Waals surface area contributed by atoms with Crippen LogP contribution >= 0.6 is 0 Å². The highest BCUT2D eigenvalue weighted by molar-refractivity contribution is 5.00. The van der Waals surface area contributed by atoms with Crippen LogP contribution in [-0.4, -0.2) is 120 Å². The van der Waals surface area contributed by atoms with Crippen molar-refractivity contribution >= 4 is 0 Å². The first-order chi connectivity index (χ1) is 10.7. The maximum absolute atomic E-state index is 9.85. The van der Waals surface area contributed by atoms with Gasteiger partial charge in [0.2, 0.25) is 0 Å². The lowest BCUT2D eigenvalue weighted by Crippen LogP contribution is -2.67. The third-order valence-corrected chi connectivity index (χ3v) is 4.21. The lowest BCUT2D eigenvalue weighted by Gasteiger charge is -2.45. The molecule has 0 aromatic rings. The standard InChI is InChI=1S/C12H22O11/c13-1-2-3(14)4(15)10(21)12(22-2)23-11-8(19)6(17)5(16)7(18)9(11)20/h2-21H,1H2/t2?,3-,4?,5?,6?,7?,8?,9?,10?,11?,12-/m0/s1. The average Bonchev–Trinajstić information content (AvgIpc) is 2.54. The zero-order valence-electron chi connectivity index (χ0n) is 11.9. The van der Waals surface area contributed by atoms with Crippen LogP contribution in [0.3, 0.4) is 0 Å². The molecule has 2 rings (SSSR count). The van der Waals surface area contributed by atoms with E-state index >= 15 is 0 Å². The van der Waals surface area contributed by atoms with Crippen molar-refractivity contribution in [3.63, 3.8) is 0 Å². The van der Waals surface area contributed by atoms with E-state index in [1.165, 1.54) is 0 Å². The molecule has 23 heavy (non-hydrogen) atoms. The Morgan fingerprint density at radius 1 is 0.609 bits per heavy atom. The van der Waals surface area contributed by atoms with E-state index in [-0.39, 0.29) is 0 Å². The van der Waals surface area contributed by atoms with Crippen LogP contribution in [0.2, 0.25) is 0 Å². The molecule has 1 saturated carbocycles. The summed E-state index contributed by atoms with van der Waals surface area (Å²) >= 11 is 0. The number of aliphatic hydroxyl groups is 9. The van der Waals surface area contributed by atoms with Crippen molar-refractivity contribution in [1.29, 1.82) is 0 Å². The molecule has 11 nitrogen and oxygen atoms in total. The Labute approximate surface area is 130 Å². The minimum absolute atomic E-state index is 0.704. The van der Waals surface area contributed by atoms with Gasteiger partial charge in [-0.3, -0.25) is 0 Å². The van der Waals surface area contributed by atoms with E-state index in [0.29, 0.717) is 0 Å². The summed E-state index contributed by atoms with van der Waals surface area (Å²) in [4.78, 5) is 0. The monoisotopic (exact) mass is 342 g/mol. The molecule has 2 fully saturated rings. The summed E-state index contributed by atoms with van der Waals surface area (Å²) in [5.41, 5.74) is 0. The van der Waals surface area contributed by atoms with Crippen molar-refractivity contribution in [1.82, 2.24) is 0 Å². The Morgan fingerprint density at radius 3 is 1.52 bits per heavy atom. The molecule has 11 heteroatoms. The van der Waals surface area contributed by atoms with E-state index in [1.54, 1.807) is 0 Å². The molecule has 9 N–H and O–H groups in total. The summed E-state index contributed by atoms with van der Waals surface area (Å²) in [6, 6.07) is 0. The quantitative estimate of drug-likeness (QED) is 0.236. The summed E-state index contributed by atoms with van der Waals surface area (Å²) in [7, 11) is 0. The van der Waals surface area contributed by atoms with Gasteiger partial charge in [0.15, 0.2) is 6.29 Å². The summed E-state index contributed by atoms with van der Waals surface area (Å²) in [5.74, 6) is 0. The topological polar surface area (TPSA) is 201 Å². The van der Waals surface area contributed by atoms with Crippen LogP contribution in [0.5, 0.6) is 0 Å². The second-order valence-corrected chi connectivity index (χ2v) is 5.75. The number of hydrogen-bond donors (Lipinski definition) is 9. The zero-order valence-corrected chi connectivity index (χ0v) is 11.9. The fourth-order valence-corrected chi connectivity index (χ4v) is 2.69. The van der Waals surface area contributed by atoms with E-state index in [0.717, 1.165) is 0 Å². The first-order valence-corrected chi connectivity index (χ1v) is 7.07. The molecule has 0 aromatic heterocycles. The van der Waals surface area contributed by atoms with Gasteiger partial charge in [0, 0.05) is 0 Å². The summed E-state index contributed by atoms with van der Waals surface area (Å²) in [5, 5.41) is 86.6. The molecule has 0 amide bonds. The lowest BCUT2D eigenvalue weighted by molar-refractivity contribution is -0.339. The second kappa shape index (κ2) is 7.21. The van der Waals surface area contributed by atoms with Gasteiger partial charge in [-0.2, -0.15) is 0 Å². The van der Waals surface area contributed by atoms with Crippen LogP contribution in [0.15, 0.2) is 0 Å². The van der Waals surface area contributed by atoms with Gasteiger partial charge >= 0.3 is 0 Å². The van der Waals surface area contributed by atoms with Crippen molar-refractivity contribution in [2.24, 2.45) is 0 Å². The van der Waals surface area contributed by atoms with Crippen molar-refractivity contribution in [2.45, 2.75) is 67.3 Å². The molecular formula is C12H22O11. The molecule has 1 heterocycles. The van der Waals surface area contributed by atoms with Crippen molar-refractivity contribution in [3.8, 4) is 0 Å². The molecule has 1 saturated heterocycles. The molecule has 7 unspecified atom stereocenters. The third kappa shape index (κ3) is 3.36. The molecule has 0 spiro atoms. The smallest absolute Gasteiger partial charge is 0.187 e. The molecule has 0 bridgehead atoms. The zero-order chi connectivity index (χ0) is 17.5. The Bertz CT molecular complexity index is 377.